The molecule has 4 heteroatoms. The van der Waals surface area contributed by atoms with Crippen molar-refractivity contribution in [1.29, 1.82) is 0 Å². The van der Waals surface area contributed by atoms with Crippen molar-refractivity contribution in [1.82, 2.24) is 10.6 Å². The van der Waals surface area contributed by atoms with Crippen molar-refractivity contribution in [2.45, 2.75) is 66.0 Å². The minimum atomic E-state index is -0.410. The predicted molar refractivity (Wildman–Crippen MR) is 75.8 cm³/mol. The summed E-state index contributed by atoms with van der Waals surface area (Å²) >= 11 is 0. The molecule has 2 N–H and O–H groups in total. The number of amides is 1. The maximum Gasteiger partial charge on any atom is 0.407 e. The maximum absolute atomic E-state index is 11.4. The van der Waals surface area contributed by atoms with Gasteiger partial charge in [-0.15, -0.1) is 0 Å². The van der Waals surface area contributed by atoms with Crippen LogP contribution < -0.4 is 10.6 Å². The third-order valence-corrected chi connectivity index (χ3v) is 2.74. The molecule has 0 aromatic rings. The zero-order valence-corrected chi connectivity index (χ0v) is 12.8. The first-order valence-electron chi connectivity index (χ1n) is 6.97. The lowest BCUT2D eigenvalue weighted by atomic mass is 9.99. The van der Waals surface area contributed by atoms with E-state index in [0.29, 0.717) is 18.5 Å². The molecule has 0 fully saturated rings. The van der Waals surface area contributed by atoms with Crippen LogP contribution in [0.5, 0.6) is 0 Å². The number of hydrogen-bond acceptors (Lipinski definition) is 3. The Morgan fingerprint density at radius 2 is 1.89 bits per heavy atom. The van der Waals surface area contributed by atoms with Gasteiger partial charge in [-0.2, -0.15) is 0 Å². The fraction of sp³-hybridized carbons (Fsp3) is 0.929. The molecule has 1 amide bonds. The van der Waals surface area contributed by atoms with Gasteiger partial charge in [0.2, 0.25) is 0 Å². The predicted octanol–water partition coefficient (Wildman–Crippen LogP) is 2.93. The second kappa shape index (κ2) is 8.35. The van der Waals surface area contributed by atoms with E-state index in [1.165, 1.54) is 0 Å². The molecule has 108 valence electrons. The summed E-state index contributed by atoms with van der Waals surface area (Å²) in [6.45, 7) is 14.0. The Kier molecular flexibility index (Phi) is 8.00. The lowest BCUT2D eigenvalue weighted by Crippen LogP contribution is -2.37. The quantitative estimate of drug-likeness (QED) is 0.704. The summed E-state index contributed by atoms with van der Waals surface area (Å²) < 4.78 is 5.38. The van der Waals surface area contributed by atoms with Crippen LogP contribution in [0.4, 0.5) is 4.79 Å². The van der Waals surface area contributed by atoms with Crippen LogP contribution >= 0.6 is 0 Å². The Morgan fingerprint density at radius 3 is 2.39 bits per heavy atom. The minimum absolute atomic E-state index is 0.328. The molecule has 0 bridgehead atoms. The van der Waals surface area contributed by atoms with Crippen LogP contribution in [0.15, 0.2) is 0 Å². The van der Waals surface area contributed by atoms with E-state index in [2.05, 4.69) is 31.4 Å². The first-order valence-corrected chi connectivity index (χ1v) is 6.97. The van der Waals surface area contributed by atoms with Crippen molar-refractivity contribution in [2.75, 3.05) is 13.1 Å². The molecule has 4 nitrogen and oxygen atoms in total. The van der Waals surface area contributed by atoms with E-state index in [1.807, 2.05) is 20.8 Å². The summed E-state index contributed by atoms with van der Waals surface area (Å²) in [7, 11) is 0. The first-order chi connectivity index (χ1) is 8.26. The molecular formula is C14H30N2O2. The number of hydrogen-bond donors (Lipinski definition) is 2. The summed E-state index contributed by atoms with van der Waals surface area (Å²) in [5.41, 5.74) is -0.410. The van der Waals surface area contributed by atoms with Crippen molar-refractivity contribution in [2.24, 2.45) is 5.92 Å². The molecule has 0 spiro atoms. The highest BCUT2D eigenvalue weighted by Crippen LogP contribution is 2.18. The SMILES string of the molecule is CCNC(=O)OC(C)(C)CCC(C)NCC(C)C. The van der Waals surface area contributed by atoms with Crippen molar-refractivity contribution in [3.8, 4) is 0 Å². The molecule has 0 heterocycles. The van der Waals surface area contributed by atoms with Gasteiger partial charge in [-0.05, 0) is 53.0 Å². The molecule has 0 rings (SSSR count). The Hall–Kier alpha value is -0.770. The van der Waals surface area contributed by atoms with E-state index in [-0.39, 0.29) is 6.09 Å². The van der Waals surface area contributed by atoms with Crippen LogP contribution in [0.3, 0.4) is 0 Å². The number of nitrogens with one attached hydrogen (secondary N) is 2. The average molecular weight is 258 g/mol. The Morgan fingerprint density at radius 1 is 1.28 bits per heavy atom. The van der Waals surface area contributed by atoms with Gasteiger partial charge in [-0.3, -0.25) is 0 Å². The highest BCUT2D eigenvalue weighted by Gasteiger charge is 2.23. The van der Waals surface area contributed by atoms with Crippen LogP contribution in [0.2, 0.25) is 0 Å². The van der Waals surface area contributed by atoms with Gasteiger partial charge in [-0.25, -0.2) is 4.79 Å². The minimum Gasteiger partial charge on any atom is -0.444 e. The van der Waals surface area contributed by atoms with E-state index < -0.39 is 5.60 Å². The number of alkyl carbamates (subject to hydrolysis) is 1. The van der Waals surface area contributed by atoms with Crippen molar-refractivity contribution in [3.05, 3.63) is 0 Å². The molecule has 1 atom stereocenters. The summed E-state index contributed by atoms with van der Waals surface area (Å²) in [4.78, 5) is 11.4. The molecule has 0 aliphatic heterocycles. The zero-order chi connectivity index (χ0) is 14.2. The highest BCUT2D eigenvalue weighted by molar-refractivity contribution is 5.67. The smallest absolute Gasteiger partial charge is 0.407 e. The van der Waals surface area contributed by atoms with Gasteiger partial charge in [0.05, 0.1) is 0 Å². The standard InChI is InChI=1S/C14H30N2O2/c1-7-15-13(17)18-14(5,6)9-8-12(4)16-10-11(2)3/h11-12,16H,7-10H2,1-6H3,(H,15,17). The molecule has 0 aromatic heterocycles. The fourth-order valence-electron chi connectivity index (χ4n) is 1.59. The summed E-state index contributed by atoms with van der Waals surface area (Å²) in [6, 6.07) is 0.449. The lowest BCUT2D eigenvalue weighted by Gasteiger charge is -2.27. The van der Waals surface area contributed by atoms with Crippen molar-refractivity contribution >= 4 is 6.09 Å². The second-order valence-electron chi connectivity index (χ2n) is 5.92. The summed E-state index contributed by atoms with van der Waals surface area (Å²) in [5.74, 6) is 0.659. The van der Waals surface area contributed by atoms with Gasteiger partial charge >= 0.3 is 6.09 Å². The molecule has 0 saturated heterocycles. The number of rotatable bonds is 8. The largest absolute Gasteiger partial charge is 0.444 e. The number of ether oxygens (including phenoxy) is 1. The molecule has 0 saturated carbocycles. The van der Waals surface area contributed by atoms with Crippen LogP contribution in [-0.2, 0) is 4.74 Å². The van der Waals surface area contributed by atoms with Gasteiger partial charge in [0.1, 0.15) is 5.60 Å². The number of carbonyl (C=O) groups excluding carboxylic acids is 1. The van der Waals surface area contributed by atoms with Gasteiger partial charge in [0.25, 0.3) is 0 Å². The van der Waals surface area contributed by atoms with E-state index >= 15 is 0 Å². The normalized spacial score (nSPS) is 13.5. The van der Waals surface area contributed by atoms with Crippen LogP contribution in [0.25, 0.3) is 0 Å². The van der Waals surface area contributed by atoms with Crippen molar-refractivity contribution in [3.63, 3.8) is 0 Å². The summed E-state index contributed by atoms with van der Waals surface area (Å²) in [6.07, 6.45) is 1.53. The third kappa shape index (κ3) is 9.28. The fourth-order valence-corrected chi connectivity index (χ4v) is 1.59. The lowest BCUT2D eigenvalue weighted by molar-refractivity contribution is 0.0299. The highest BCUT2D eigenvalue weighted by atomic mass is 16.6. The van der Waals surface area contributed by atoms with Gasteiger partial charge < -0.3 is 15.4 Å². The maximum atomic E-state index is 11.4. The van der Waals surface area contributed by atoms with Gasteiger partial charge in [0, 0.05) is 12.6 Å². The number of carbonyl (C=O) groups is 1. The monoisotopic (exact) mass is 258 g/mol. The molecule has 1 unspecified atom stereocenters. The Labute approximate surface area is 112 Å². The van der Waals surface area contributed by atoms with E-state index in [9.17, 15) is 4.79 Å². The third-order valence-electron chi connectivity index (χ3n) is 2.74. The van der Waals surface area contributed by atoms with Gasteiger partial charge in [0.15, 0.2) is 0 Å². The molecule has 0 radical (unpaired) electrons. The van der Waals surface area contributed by atoms with Crippen LogP contribution in [0.1, 0.15) is 54.4 Å². The second-order valence-corrected chi connectivity index (χ2v) is 5.92. The first kappa shape index (κ1) is 17.2. The average Bonchev–Trinajstić information content (AvgIpc) is 2.23. The molecule has 18 heavy (non-hydrogen) atoms. The zero-order valence-electron chi connectivity index (χ0n) is 12.8. The van der Waals surface area contributed by atoms with Crippen molar-refractivity contribution < 1.29 is 9.53 Å². The molecule has 0 aliphatic rings. The molecule has 0 aliphatic carbocycles. The van der Waals surface area contributed by atoms with Crippen LogP contribution in [-0.4, -0.2) is 30.8 Å². The van der Waals surface area contributed by atoms with Crippen LogP contribution in [0, 0.1) is 5.92 Å². The Balaban J connectivity index is 3.90. The molecular weight excluding hydrogens is 228 g/mol. The van der Waals surface area contributed by atoms with E-state index in [0.717, 1.165) is 19.4 Å². The summed E-state index contributed by atoms with van der Waals surface area (Å²) in [5, 5.41) is 6.13. The van der Waals surface area contributed by atoms with E-state index in [4.69, 9.17) is 4.74 Å². The molecule has 0 aromatic carbocycles. The topological polar surface area (TPSA) is 50.4 Å². The van der Waals surface area contributed by atoms with Gasteiger partial charge in [-0.1, -0.05) is 13.8 Å². The van der Waals surface area contributed by atoms with E-state index in [1.54, 1.807) is 0 Å². The Bertz CT molecular complexity index is 240.